The Bertz CT molecular complexity index is 250. The summed E-state index contributed by atoms with van der Waals surface area (Å²) >= 11 is 0. The van der Waals surface area contributed by atoms with Gasteiger partial charge in [-0.05, 0) is 40.7 Å². The van der Waals surface area contributed by atoms with E-state index in [9.17, 15) is 9.90 Å². The molecule has 1 aliphatic carbocycles. The van der Waals surface area contributed by atoms with E-state index in [4.69, 9.17) is 4.74 Å². The van der Waals surface area contributed by atoms with Crippen molar-refractivity contribution in [2.75, 3.05) is 7.05 Å². The van der Waals surface area contributed by atoms with Crippen molar-refractivity contribution in [2.24, 2.45) is 0 Å². The quantitative estimate of drug-likeness (QED) is 0.650. The van der Waals surface area contributed by atoms with E-state index in [0.717, 1.165) is 6.42 Å². The number of hydrogen-bond acceptors (Lipinski definition) is 4. The molecule has 1 amide bonds. The van der Waals surface area contributed by atoms with Gasteiger partial charge in [0.15, 0.2) is 0 Å². The number of aliphatic hydroxyl groups excluding tert-OH is 1. The van der Waals surface area contributed by atoms with Crippen molar-refractivity contribution < 1.29 is 14.6 Å². The number of likely N-dealkylation sites (N-methyl/N-ethyl adjacent to an activating group) is 1. The van der Waals surface area contributed by atoms with Crippen molar-refractivity contribution in [3.05, 3.63) is 0 Å². The van der Waals surface area contributed by atoms with Gasteiger partial charge < -0.3 is 20.5 Å². The van der Waals surface area contributed by atoms with Crippen LogP contribution in [0.5, 0.6) is 0 Å². The standard InChI is InChI=1S/C11H22N2O3/c1-11(2,3)16-10(15)13-7-5-8(12-4)9(14)6-7/h7-9,12,14H,5-6H2,1-4H3,(H,13,15)/t7-,8+,9?/m1/s1. The molecule has 0 spiro atoms. The van der Waals surface area contributed by atoms with Crippen molar-refractivity contribution in [1.29, 1.82) is 0 Å². The molecule has 3 N–H and O–H groups in total. The van der Waals surface area contributed by atoms with Gasteiger partial charge in [0.1, 0.15) is 5.60 Å². The molecular formula is C11H22N2O3. The van der Waals surface area contributed by atoms with Gasteiger partial charge in [-0.2, -0.15) is 0 Å². The van der Waals surface area contributed by atoms with Crippen molar-refractivity contribution in [2.45, 2.75) is 57.4 Å². The maximum Gasteiger partial charge on any atom is 0.407 e. The summed E-state index contributed by atoms with van der Waals surface area (Å²) in [6.45, 7) is 5.48. The van der Waals surface area contributed by atoms with Crippen LogP contribution in [0.25, 0.3) is 0 Å². The van der Waals surface area contributed by atoms with Crippen molar-refractivity contribution in [3.63, 3.8) is 0 Å². The van der Waals surface area contributed by atoms with Crippen LogP contribution < -0.4 is 10.6 Å². The van der Waals surface area contributed by atoms with Gasteiger partial charge in [-0.1, -0.05) is 0 Å². The molecule has 1 aliphatic rings. The molecule has 0 radical (unpaired) electrons. The molecule has 0 aromatic carbocycles. The number of rotatable bonds is 2. The third kappa shape index (κ3) is 3.98. The zero-order chi connectivity index (χ0) is 12.3. The molecule has 0 aromatic heterocycles. The van der Waals surface area contributed by atoms with Crippen LogP contribution in [0.2, 0.25) is 0 Å². The summed E-state index contributed by atoms with van der Waals surface area (Å²) in [5.74, 6) is 0. The fourth-order valence-electron chi connectivity index (χ4n) is 1.92. The molecule has 5 heteroatoms. The molecule has 94 valence electrons. The average molecular weight is 230 g/mol. The highest BCUT2D eigenvalue weighted by molar-refractivity contribution is 5.68. The molecule has 1 saturated carbocycles. The lowest BCUT2D eigenvalue weighted by molar-refractivity contribution is 0.0502. The lowest BCUT2D eigenvalue weighted by Gasteiger charge is -2.21. The highest BCUT2D eigenvalue weighted by atomic mass is 16.6. The van der Waals surface area contributed by atoms with Crippen molar-refractivity contribution >= 4 is 6.09 Å². The second kappa shape index (κ2) is 5.01. The first-order valence-electron chi connectivity index (χ1n) is 5.66. The lowest BCUT2D eigenvalue weighted by atomic mass is 10.2. The Hall–Kier alpha value is -0.810. The summed E-state index contributed by atoms with van der Waals surface area (Å²) in [4.78, 5) is 11.5. The zero-order valence-corrected chi connectivity index (χ0v) is 10.4. The number of carbonyl (C=O) groups is 1. The molecule has 5 nitrogen and oxygen atoms in total. The molecule has 0 aromatic rings. The molecule has 1 fully saturated rings. The van der Waals surface area contributed by atoms with Gasteiger partial charge in [0.2, 0.25) is 0 Å². The number of hydrogen-bond donors (Lipinski definition) is 3. The van der Waals surface area contributed by atoms with E-state index in [1.54, 1.807) is 0 Å². The van der Waals surface area contributed by atoms with Gasteiger partial charge in [0.05, 0.1) is 6.10 Å². The Kier molecular flexibility index (Phi) is 4.15. The molecule has 0 bridgehead atoms. The minimum absolute atomic E-state index is 0.0118. The van der Waals surface area contributed by atoms with E-state index >= 15 is 0 Å². The van der Waals surface area contributed by atoms with Crippen LogP contribution in [0.4, 0.5) is 4.79 Å². The topological polar surface area (TPSA) is 70.6 Å². The Labute approximate surface area is 96.6 Å². The summed E-state index contributed by atoms with van der Waals surface area (Å²) in [7, 11) is 1.81. The van der Waals surface area contributed by atoms with Crippen molar-refractivity contribution in [1.82, 2.24) is 10.6 Å². The fourth-order valence-corrected chi connectivity index (χ4v) is 1.92. The van der Waals surface area contributed by atoms with E-state index in [0.29, 0.717) is 6.42 Å². The van der Waals surface area contributed by atoms with Crippen LogP contribution in [0, 0.1) is 0 Å². The van der Waals surface area contributed by atoms with Crippen LogP contribution in [0.3, 0.4) is 0 Å². The predicted octanol–water partition coefficient (Wildman–Crippen LogP) is 0.622. The molecule has 0 saturated heterocycles. The van der Waals surface area contributed by atoms with Crippen LogP contribution in [0.1, 0.15) is 33.6 Å². The van der Waals surface area contributed by atoms with E-state index < -0.39 is 17.8 Å². The van der Waals surface area contributed by atoms with Crippen molar-refractivity contribution in [3.8, 4) is 0 Å². The molecule has 1 rings (SSSR count). The van der Waals surface area contributed by atoms with Crippen LogP contribution in [-0.4, -0.2) is 42.0 Å². The second-order valence-corrected chi connectivity index (χ2v) is 5.28. The lowest BCUT2D eigenvalue weighted by Crippen LogP contribution is -2.38. The van der Waals surface area contributed by atoms with Gasteiger partial charge in [-0.15, -0.1) is 0 Å². The largest absolute Gasteiger partial charge is 0.444 e. The molecular weight excluding hydrogens is 208 g/mol. The van der Waals surface area contributed by atoms with Crippen LogP contribution in [0.15, 0.2) is 0 Å². The number of ether oxygens (including phenoxy) is 1. The smallest absolute Gasteiger partial charge is 0.407 e. The summed E-state index contributed by atoms with van der Waals surface area (Å²) in [6.07, 6.45) is 0.494. The van der Waals surface area contributed by atoms with Gasteiger partial charge in [0, 0.05) is 12.1 Å². The Morgan fingerprint density at radius 1 is 1.38 bits per heavy atom. The number of aliphatic hydroxyl groups is 1. The highest BCUT2D eigenvalue weighted by Crippen LogP contribution is 2.20. The molecule has 0 heterocycles. The highest BCUT2D eigenvalue weighted by Gasteiger charge is 2.33. The van der Waals surface area contributed by atoms with E-state index in [1.807, 2.05) is 27.8 Å². The van der Waals surface area contributed by atoms with Crippen LogP contribution >= 0.6 is 0 Å². The van der Waals surface area contributed by atoms with Crippen LogP contribution in [-0.2, 0) is 4.74 Å². The first-order valence-corrected chi connectivity index (χ1v) is 5.66. The van der Waals surface area contributed by atoms with Gasteiger partial charge in [-0.25, -0.2) is 4.79 Å². The first kappa shape index (κ1) is 13.3. The number of carbonyl (C=O) groups excluding carboxylic acids is 1. The van der Waals surface area contributed by atoms with Gasteiger partial charge in [-0.3, -0.25) is 0 Å². The number of amides is 1. The Balaban J connectivity index is 2.36. The summed E-state index contributed by atoms with van der Waals surface area (Å²) in [6, 6.07) is 0.0437. The number of alkyl carbamates (subject to hydrolysis) is 1. The third-order valence-electron chi connectivity index (χ3n) is 2.62. The average Bonchev–Trinajstić information content (AvgIpc) is 2.42. The summed E-state index contributed by atoms with van der Waals surface area (Å²) in [5.41, 5.74) is -0.482. The maximum atomic E-state index is 11.5. The minimum Gasteiger partial charge on any atom is -0.444 e. The minimum atomic E-state index is -0.482. The normalized spacial score (nSPS) is 30.2. The molecule has 0 aliphatic heterocycles. The SMILES string of the molecule is CN[C@H]1C[C@@H](NC(=O)OC(C)(C)C)CC1O. The van der Waals surface area contributed by atoms with E-state index in [2.05, 4.69) is 10.6 Å². The fraction of sp³-hybridized carbons (Fsp3) is 0.909. The number of nitrogens with one attached hydrogen (secondary N) is 2. The summed E-state index contributed by atoms with van der Waals surface area (Å²) < 4.78 is 5.15. The van der Waals surface area contributed by atoms with E-state index in [1.165, 1.54) is 0 Å². The maximum absolute atomic E-state index is 11.5. The Morgan fingerprint density at radius 3 is 2.44 bits per heavy atom. The zero-order valence-electron chi connectivity index (χ0n) is 10.4. The second-order valence-electron chi connectivity index (χ2n) is 5.28. The molecule has 3 atom stereocenters. The predicted molar refractivity (Wildman–Crippen MR) is 61.2 cm³/mol. The molecule has 1 unspecified atom stereocenters. The van der Waals surface area contributed by atoms with Gasteiger partial charge >= 0.3 is 6.09 Å². The summed E-state index contributed by atoms with van der Waals surface area (Å²) in [5, 5.41) is 15.4. The first-order chi connectivity index (χ1) is 7.31. The van der Waals surface area contributed by atoms with Gasteiger partial charge in [0.25, 0.3) is 0 Å². The third-order valence-corrected chi connectivity index (χ3v) is 2.62. The molecule has 16 heavy (non-hydrogen) atoms. The Morgan fingerprint density at radius 2 is 2.00 bits per heavy atom. The monoisotopic (exact) mass is 230 g/mol. The van der Waals surface area contributed by atoms with E-state index in [-0.39, 0.29) is 12.1 Å².